The summed E-state index contributed by atoms with van der Waals surface area (Å²) in [5, 5.41) is 31.1. The molecular weight excluding hydrogens is 921 g/mol. The maximum Gasteiger partial charge on any atom is 0.338 e. The number of nitrogens with one attached hydrogen (secondary N) is 2. The lowest BCUT2D eigenvalue weighted by Crippen LogP contribution is -2.82. The molecule has 1 aliphatic heterocycles. The van der Waals surface area contributed by atoms with Crippen molar-refractivity contribution in [3.63, 3.8) is 0 Å². The zero-order valence-corrected chi connectivity index (χ0v) is 40.6. The molecule has 4 N–H and O–H groups in total. The van der Waals surface area contributed by atoms with E-state index in [1.807, 2.05) is 0 Å². The average Bonchev–Trinajstić information content (AvgIpc) is 3.33. The Labute approximate surface area is 410 Å². The fourth-order valence-corrected chi connectivity index (χ4v) is 11.1. The molecule has 3 aromatic carbocycles. The lowest BCUT2D eigenvalue weighted by atomic mass is 9.44. The number of ketones is 1. The zero-order chi connectivity index (χ0) is 51.6. The van der Waals surface area contributed by atoms with Gasteiger partial charge in [0.2, 0.25) is 5.91 Å². The number of rotatable bonds is 15. The van der Waals surface area contributed by atoms with Crippen LogP contribution in [0.3, 0.4) is 0 Å². The number of Topliss-reactive ketones (excluding diaryl/α,β-unsaturated/α-hetero) is 1. The molecule has 18 heteroatoms. The van der Waals surface area contributed by atoms with Crippen LogP contribution in [-0.4, -0.2) is 119 Å². The lowest BCUT2D eigenvalue weighted by molar-refractivity contribution is -0.346. The number of carbonyl (C=O) groups excluding carboxylic acids is 8. The Morgan fingerprint density at radius 1 is 0.803 bits per heavy atom. The number of amides is 2. The van der Waals surface area contributed by atoms with Crippen LogP contribution in [-0.2, 0) is 57.2 Å². The monoisotopic (exact) mass is 980 g/mol. The van der Waals surface area contributed by atoms with Gasteiger partial charge in [-0.3, -0.25) is 28.8 Å². The summed E-state index contributed by atoms with van der Waals surface area (Å²) >= 11 is 0. The predicted molar refractivity (Wildman–Crippen MR) is 249 cm³/mol. The van der Waals surface area contributed by atoms with Gasteiger partial charge >= 0.3 is 29.8 Å². The molecule has 2 bridgehead atoms. The fraction of sp³-hybridized carbons (Fsp3) is 0.472. The largest absolute Gasteiger partial charge is 0.461 e. The van der Waals surface area contributed by atoms with Crippen LogP contribution in [0.1, 0.15) is 106 Å². The van der Waals surface area contributed by atoms with Crippen molar-refractivity contribution in [2.45, 2.75) is 128 Å². The van der Waals surface area contributed by atoms with Gasteiger partial charge < -0.3 is 49.3 Å². The van der Waals surface area contributed by atoms with Gasteiger partial charge in [-0.2, -0.15) is 0 Å². The molecule has 7 rings (SSSR count). The Hall–Kier alpha value is -6.76. The van der Waals surface area contributed by atoms with Crippen molar-refractivity contribution in [3.8, 4) is 0 Å². The highest BCUT2D eigenvalue weighted by molar-refractivity contribution is 5.96. The van der Waals surface area contributed by atoms with Crippen LogP contribution in [0.15, 0.2) is 102 Å². The van der Waals surface area contributed by atoms with Crippen molar-refractivity contribution < 1.29 is 77.0 Å². The minimum Gasteiger partial charge on any atom is -0.461 e. The highest BCUT2D eigenvalue weighted by Crippen LogP contribution is 2.65. The van der Waals surface area contributed by atoms with E-state index < -0.39 is 119 Å². The second kappa shape index (κ2) is 20.5. The number of fused-ring (bicyclic) bond motifs is 5. The minimum atomic E-state index is -2.49. The number of esters is 5. The molecule has 3 aromatic rings. The van der Waals surface area contributed by atoms with Crippen LogP contribution in [0.2, 0.25) is 0 Å². The average molecular weight is 981 g/mol. The van der Waals surface area contributed by atoms with Crippen molar-refractivity contribution in [3.05, 3.63) is 119 Å². The van der Waals surface area contributed by atoms with E-state index in [1.165, 1.54) is 33.0 Å². The summed E-state index contributed by atoms with van der Waals surface area (Å²) in [5.74, 6) is -8.33. The Morgan fingerprint density at radius 3 is 1.97 bits per heavy atom. The number of benzene rings is 3. The van der Waals surface area contributed by atoms with Crippen LogP contribution in [0.5, 0.6) is 0 Å². The van der Waals surface area contributed by atoms with E-state index in [0.29, 0.717) is 5.56 Å². The molecule has 2 amide bonds. The van der Waals surface area contributed by atoms with E-state index in [1.54, 1.807) is 92.7 Å². The number of carbonyl (C=O) groups is 8. The van der Waals surface area contributed by atoms with Gasteiger partial charge in [-0.15, -0.1) is 0 Å². The van der Waals surface area contributed by atoms with Gasteiger partial charge in [0.1, 0.15) is 30.0 Å². The van der Waals surface area contributed by atoms with Gasteiger partial charge in [0.15, 0.2) is 23.6 Å². The molecular formula is C53H60N2O16. The third-order valence-electron chi connectivity index (χ3n) is 14.8. The molecule has 71 heavy (non-hydrogen) atoms. The maximum absolute atomic E-state index is 16.1. The zero-order valence-electron chi connectivity index (χ0n) is 40.6. The SMILES string of the molecule is CNC(=O)CCCC(=O)O[C@H]1C[C@H]2OC[C@@]2(OC(C)=O)[C@H]2[C@H](OC(=O)c3ccccc3)[C@]3(O)C[C@H](OC(=O)[C@H](O)[C@@H](NC(=O)c4ccccc4)c4ccccc4)C(C)=C([C@@H](OC(C)=O)C(=O)[C@]12C)C3(C)C. The summed E-state index contributed by atoms with van der Waals surface area (Å²) < 4.78 is 37.1. The summed E-state index contributed by atoms with van der Waals surface area (Å²) in [7, 11) is 1.45. The smallest absolute Gasteiger partial charge is 0.338 e. The van der Waals surface area contributed by atoms with Crippen molar-refractivity contribution in [2.24, 2.45) is 16.7 Å². The molecule has 0 unspecified atom stereocenters. The first-order chi connectivity index (χ1) is 33.6. The van der Waals surface area contributed by atoms with Gasteiger partial charge in [0, 0.05) is 57.6 Å². The van der Waals surface area contributed by atoms with Crippen molar-refractivity contribution >= 4 is 47.4 Å². The molecule has 2 saturated carbocycles. The molecule has 3 aliphatic carbocycles. The molecule has 4 aliphatic rings. The number of hydrogen-bond acceptors (Lipinski definition) is 16. The summed E-state index contributed by atoms with van der Waals surface area (Å²) in [5.41, 5.74) is -7.59. The van der Waals surface area contributed by atoms with Crippen molar-refractivity contribution in [1.82, 2.24) is 10.6 Å². The fourth-order valence-electron chi connectivity index (χ4n) is 11.1. The maximum atomic E-state index is 16.1. The van der Waals surface area contributed by atoms with Crippen LogP contribution < -0.4 is 10.6 Å². The van der Waals surface area contributed by atoms with Gasteiger partial charge in [-0.05, 0) is 61.2 Å². The Morgan fingerprint density at radius 2 is 1.41 bits per heavy atom. The topological polar surface area (TPSA) is 256 Å². The lowest BCUT2D eigenvalue weighted by Gasteiger charge is -2.67. The molecule has 0 aromatic heterocycles. The second-order valence-electron chi connectivity index (χ2n) is 19.3. The van der Waals surface area contributed by atoms with Crippen molar-refractivity contribution in [1.29, 1.82) is 0 Å². The highest BCUT2D eigenvalue weighted by Gasteiger charge is 2.79. The first-order valence-electron chi connectivity index (χ1n) is 23.5. The summed E-state index contributed by atoms with van der Waals surface area (Å²) in [4.78, 5) is 111. The van der Waals surface area contributed by atoms with E-state index in [4.69, 9.17) is 28.4 Å². The number of ether oxygens (including phenoxy) is 6. The Bertz CT molecular complexity index is 2590. The predicted octanol–water partition coefficient (Wildman–Crippen LogP) is 4.20. The van der Waals surface area contributed by atoms with Crippen LogP contribution >= 0.6 is 0 Å². The third kappa shape index (κ3) is 9.72. The molecule has 1 saturated heterocycles. The number of aliphatic hydroxyl groups excluding tert-OH is 1. The van der Waals surface area contributed by atoms with E-state index in [-0.39, 0.29) is 60.5 Å². The molecule has 18 nitrogen and oxygen atoms in total. The quantitative estimate of drug-likeness (QED) is 0.0945. The Balaban J connectivity index is 1.40. The van der Waals surface area contributed by atoms with Gasteiger partial charge in [-0.1, -0.05) is 80.6 Å². The van der Waals surface area contributed by atoms with E-state index in [2.05, 4.69) is 10.6 Å². The highest BCUT2D eigenvalue weighted by atomic mass is 16.6. The number of hydrogen-bond donors (Lipinski definition) is 4. The first kappa shape index (κ1) is 52.1. The minimum absolute atomic E-state index is 0.0179. The number of aliphatic hydroxyl groups is 2. The molecule has 0 spiro atoms. The third-order valence-corrected chi connectivity index (χ3v) is 14.8. The van der Waals surface area contributed by atoms with Crippen LogP contribution in [0.4, 0.5) is 0 Å². The normalized spacial score (nSPS) is 29.1. The van der Waals surface area contributed by atoms with Gasteiger partial charge in [-0.25, -0.2) is 9.59 Å². The second-order valence-corrected chi connectivity index (χ2v) is 19.3. The summed E-state index contributed by atoms with van der Waals surface area (Å²) in [6.45, 7) is 7.82. The molecule has 1 heterocycles. The molecule has 378 valence electrons. The van der Waals surface area contributed by atoms with Crippen molar-refractivity contribution in [2.75, 3.05) is 13.7 Å². The first-order valence-corrected chi connectivity index (χ1v) is 23.5. The van der Waals surface area contributed by atoms with Crippen LogP contribution in [0.25, 0.3) is 0 Å². The van der Waals surface area contributed by atoms with E-state index in [0.717, 1.165) is 13.8 Å². The van der Waals surface area contributed by atoms with Gasteiger partial charge in [0.05, 0.1) is 29.5 Å². The van der Waals surface area contributed by atoms with Crippen LogP contribution in [0, 0.1) is 16.7 Å². The Kier molecular flexibility index (Phi) is 15.1. The molecule has 3 fully saturated rings. The molecule has 0 radical (unpaired) electrons. The summed E-state index contributed by atoms with van der Waals surface area (Å²) in [6.07, 6.45) is -11.1. The summed E-state index contributed by atoms with van der Waals surface area (Å²) in [6, 6.07) is 22.7. The van der Waals surface area contributed by atoms with Gasteiger partial charge in [0.25, 0.3) is 5.91 Å². The van der Waals surface area contributed by atoms with E-state index in [9.17, 15) is 43.8 Å². The standard InChI is InChI=1S/C53H60N2O16/c1-29-35(68-49(64)42(60)41(32-18-11-8-12-19-32)55-47(62)33-20-13-9-14-21-33)27-53(65)46(70-48(63)34-22-15-10-16-23-34)44-51(6,45(61)43(67-30(2)56)40(29)50(53,4)5)36(69-39(59)25-17-24-38(58)54-7)26-37-52(44,28-66-37)71-31(3)57/h8-16,18-23,35-37,41-44,46,60,65H,17,24-28H2,1-7H3,(H,54,58)(H,55,62)/t35-,36-,37+,41-,42+,43+,44-,46-,51+,52-,53+/m0/s1. The molecule has 11 atom stereocenters. The van der Waals surface area contributed by atoms with E-state index >= 15 is 4.79 Å².